The summed E-state index contributed by atoms with van der Waals surface area (Å²) in [6.07, 6.45) is -30.5. The van der Waals surface area contributed by atoms with Gasteiger partial charge in [0.15, 0.2) is 31.3 Å². The monoisotopic (exact) mass is 1100 g/mol. The second kappa shape index (κ2) is 21.2. The number of carboxylic acids is 1. The van der Waals surface area contributed by atoms with Crippen molar-refractivity contribution in [3.8, 4) is 0 Å². The lowest BCUT2D eigenvalue weighted by molar-refractivity contribution is -0.407. The summed E-state index contributed by atoms with van der Waals surface area (Å²) < 4.78 is 48.7. The van der Waals surface area contributed by atoms with Crippen molar-refractivity contribution in [2.45, 2.75) is 255 Å². The Labute approximate surface area is 449 Å². The minimum Gasteiger partial charge on any atom is -0.479 e. The highest BCUT2D eigenvalue weighted by Crippen LogP contribution is 2.76. The van der Waals surface area contributed by atoms with Gasteiger partial charge in [-0.15, -0.1) is 0 Å². The standard InChI is InChI=1S/C54H88O23/c1-21-29(57)31(59)35(63)45(70-21)74-38-25(19-55)72-47(41(37(38)65)76-46-36(64)32(60)30(58)22(2)71-46)77-40-34(62)33(61)39(44(68)69)75-48(40)73-28-13-14-51(6)26(52(28,7)20-56)12-15-54(9)27(51)11-10-23-24-18-49(3,4)42(66)43(67)50(24,5)16-17-53(23,54)8/h10,21-22,24-43,45-48,55-67H,11-20H2,1-9H3,(H,68,69)/t21-,22-,24-,25+,26+,27+,28-,29-,30-,31+,32+,33-,34-,35+,36+,37-,38-,39-,40+,41+,42-,43+,45-,46-,47-,48+,50+,51-,52+,53+,54+/m0/s1. The lowest BCUT2D eigenvalue weighted by Crippen LogP contribution is -2.69. The molecule has 8 fully saturated rings. The molecule has 0 spiro atoms. The van der Waals surface area contributed by atoms with Crippen molar-refractivity contribution in [2.24, 2.45) is 50.2 Å². The van der Waals surface area contributed by atoms with E-state index in [9.17, 15) is 76.3 Å². The van der Waals surface area contributed by atoms with Crippen LogP contribution in [0.15, 0.2) is 11.6 Å². The second-order valence-corrected chi connectivity index (χ2v) is 26.4. The van der Waals surface area contributed by atoms with Crippen LogP contribution in [0, 0.1) is 50.2 Å². The molecule has 0 amide bonds. The molecule has 9 aliphatic rings. The van der Waals surface area contributed by atoms with Gasteiger partial charge >= 0.3 is 5.97 Å². The van der Waals surface area contributed by atoms with Gasteiger partial charge in [0.05, 0.1) is 43.7 Å². The number of hydrogen-bond acceptors (Lipinski definition) is 22. The zero-order chi connectivity index (χ0) is 56.6. The summed E-state index contributed by atoms with van der Waals surface area (Å²) in [5.41, 5.74) is -1.44. The zero-order valence-corrected chi connectivity index (χ0v) is 45.6. The number of hydrogen-bond donors (Lipinski definition) is 14. The molecule has 0 aromatic carbocycles. The van der Waals surface area contributed by atoms with E-state index in [1.807, 2.05) is 20.8 Å². The number of fused-ring (bicyclic) bond motifs is 7. The quantitative estimate of drug-likeness (QED) is 0.0829. The van der Waals surface area contributed by atoms with Crippen LogP contribution >= 0.6 is 0 Å². The maximum Gasteiger partial charge on any atom is 0.335 e. The van der Waals surface area contributed by atoms with Gasteiger partial charge in [-0.25, -0.2) is 4.79 Å². The molecule has 9 rings (SSSR count). The van der Waals surface area contributed by atoms with E-state index in [2.05, 4.69) is 33.8 Å². The normalized spacial score (nSPS) is 56.7. The van der Waals surface area contributed by atoms with Crippen LogP contribution in [-0.4, -0.2) is 232 Å². The van der Waals surface area contributed by atoms with Crippen molar-refractivity contribution in [1.82, 2.24) is 0 Å². The third kappa shape index (κ3) is 9.42. The predicted molar refractivity (Wildman–Crippen MR) is 263 cm³/mol. The highest BCUT2D eigenvalue weighted by Gasteiger charge is 2.71. The van der Waals surface area contributed by atoms with Crippen LogP contribution in [0.25, 0.3) is 0 Å². The lowest BCUT2D eigenvalue weighted by Gasteiger charge is -2.72. The third-order valence-electron chi connectivity index (χ3n) is 21.8. The Kier molecular flexibility index (Phi) is 16.5. The minimum absolute atomic E-state index is 0.0742. The molecular weight excluding hydrogens is 1020 g/mol. The Morgan fingerprint density at radius 1 is 0.571 bits per heavy atom. The van der Waals surface area contributed by atoms with E-state index in [0.29, 0.717) is 19.3 Å². The van der Waals surface area contributed by atoms with Gasteiger partial charge in [-0.2, -0.15) is 0 Å². The van der Waals surface area contributed by atoms with E-state index >= 15 is 0 Å². The highest BCUT2D eigenvalue weighted by atomic mass is 16.8. The Morgan fingerprint density at radius 2 is 1.13 bits per heavy atom. The summed E-state index contributed by atoms with van der Waals surface area (Å²) >= 11 is 0. The van der Waals surface area contributed by atoms with Crippen LogP contribution in [0.3, 0.4) is 0 Å². The Hall–Kier alpha value is -1.63. The molecule has 4 saturated heterocycles. The molecule has 77 heavy (non-hydrogen) atoms. The third-order valence-corrected chi connectivity index (χ3v) is 21.8. The maximum atomic E-state index is 12.7. The van der Waals surface area contributed by atoms with Gasteiger partial charge in [0.25, 0.3) is 0 Å². The maximum absolute atomic E-state index is 12.7. The summed E-state index contributed by atoms with van der Waals surface area (Å²) in [5.74, 6) is -1.60. The van der Waals surface area contributed by atoms with Gasteiger partial charge in [0.1, 0.15) is 79.4 Å². The molecule has 0 radical (unpaired) electrons. The van der Waals surface area contributed by atoms with Crippen LogP contribution in [0.1, 0.15) is 114 Å². The lowest BCUT2D eigenvalue weighted by atomic mass is 9.33. The van der Waals surface area contributed by atoms with E-state index in [4.69, 9.17) is 37.9 Å². The van der Waals surface area contributed by atoms with Crippen molar-refractivity contribution in [3.05, 3.63) is 11.6 Å². The van der Waals surface area contributed by atoms with Gasteiger partial charge in [0, 0.05) is 10.8 Å². The fraction of sp³-hybridized carbons (Fsp3) is 0.944. The van der Waals surface area contributed by atoms with Crippen LogP contribution in [0.5, 0.6) is 0 Å². The van der Waals surface area contributed by atoms with Crippen LogP contribution in [-0.2, 0) is 42.7 Å². The average Bonchev–Trinajstić information content (AvgIpc) is 3.56. The van der Waals surface area contributed by atoms with Gasteiger partial charge < -0.3 is 109 Å². The topological polar surface area (TPSA) is 374 Å². The van der Waals surface area contributed by atoms with Crippen molar-refractivity contribution in [1.29, 1.82) is 0 Å². The molecule has 23 heteroatoms. The first kappa shape index (κ1) is 60.0. The SMILES string of the molecule is C[C@@H]1O[C@@H](O[C@@H]2[C@H](O)[C@@H](O[C@@H]3O[C@@H](C)[C@H](O)[C@@H](O)[C@H]3O)[C@H](O[C@H]3[C@H](O[C@H]4CC[C@@]5(C)[C@@H](CC[C@]6(C)[C@@H]5CC=C5[C@@H]7CC(C)(C)[C@@H](O)[C@@H](O)[C@]7(C)CC[C@]56C)[C@@]4(C)CO)O[C@H](C(=O)O)[C@@H](O)[C@@H]3O)O[C@@H]2CO)[C@H](O)[C@H](O)[C@H]1O. The fourth-order valence-electron chi connectivity index (χ4n) is 16.5. The summed E-state index contributed by atoms with van der Waals surface area (Å²) in [6, 6.07) is 0. The number of allylic oxidation sites excluding steroid dienone is 2. The number of carbonyl (C=O) groups is 1. The fourth-order valence-corrected chi connectivity index (χ4v) is 16.5. The molecule has 5 aliphatic carbocycles. The van der Waals surface area contributed by atoms with E-state index in [0.717, 1.165) is 32.1 Å². The summed E-state index contributed by atoms with van der Waals surface area (Å²) in [7, 11) is 0. The molecule has 0 aromatic rings. The molecule has 0 aromatic heterocycles. The van der Waals surface area contributed by atoms with Crippen LogP contribution in [0.2, 0.25) is 0 Å². The van der Waals surface area contributed by atoms with E-state index in [-0.39, 0.29) is 40.6 Å². The number of aliphatic hydroxyl groups is 13. The highest BCUT2D eigenvalue weighted by molar-refractivity contribution is 5.73. The number of carboxylic acid groups (broad SMARTS) is 1. The van der Waals surface area contributed by atoms with Gasteiger partial charge in [0.2, 0.25) is 0 Å². The zero-order valence-electron chi connectivity index (χ0n) is 45.6. The average molecular weight is 1110 g/mol. The van der Waals surface area contributed by atoms with E-state index in [1.54, 1.807) is 0 Å². The smallest absolute Gasteiger partial charge is 0.335 e. The number of aliphatic carboxylic acids is 1. The largest absolute Gasteiger partial charge is 0.479 e. The van der Waals surface area contributed by atoms with Crippen LogP contribution < -0.4 is 0 Å². The summed E-state index contributed by atoms with van der Waals surface area (Å²) in [4.78, 5) is 12.7. The van der Waals surface area contributed by atoms with Gasteiger partial charge in [-0.1, -0.05) is 60.1 Å². The number of rotatable bonds is 11. The van der Waals surface area contributed by atoms with Crippen molar-refractivity contribution in [2.75, 3.05) is 13.2 Å². The van der Waals surface area contributed by atoms with Crippen LogP contribution in [0.4, 0.5) is 0 Å². The first-order valence-corrected chi connectivity index (χ1v) is 27.7. The van der Waals surface area contributed by atoms with Crippen molar-refractivity contribution < 1.29 is 114 Å². The Bertz CT molecular complexity index is 2150. The molecule has 4 aliphatic heterocycles. The Morgan fingerprint density at radius 3 is 1.70 bits per heavy atom. The molecule has 23 nitrogen and oxygen atoms in total. The molecule has 31 atom stereocenters. The van der Waals surface area contributed by atoms with Gasteiger partial charge in [-0.3, -0.25) is 0 Å². The summed E-state index contributed by atoms with van der Waals surface area (Å²) in [5, 5.41) is 155. The first-order valence-electron chi connectivity index (χ1n) is 27.7. The number of aliphatic hydroxyl groups excluding tert-OH is 13. The molecule has 4 heterocycles. The Balaban J connectivity index is 1.01. The minimum atomic E-state index is -2.16. The van der Waals surface area contributed by atoms with Gasteiger partial charge in [-0.05, 0) is 105 Å². The van der Waals surface area contributed by atoms with Crippen molar-refractivity contribution >= 4 is 5.97 Å². The molecule has 0 bridgehead atoms. The second-order valence-electron chi connectivity index (χ2n) is 26.4. The molecule has 442 valence electrons. The van der Waals surface area contributed by atoms with E-state index in [1.165, 1.54) is 19.4 Å². The molecule has 4 saturated carbocycles. The molecule has 0 unspecified atom stereocenters. The van der Waals surface area contributed by atoms with Crippen molar-refractivity contribution in [3.63, 3.8) is 0 Å². The predicted octanol–water partition coefficient (Wildman–Crippen LogP) is -1.47. The number of ether oxygens (including phenoxy) is 8. The summed E-state index contributed by atoms with van der Waals surface area (Å²) in [6.45, 7) is 16.6. The first-order chi connectivity index (χ1) is 35.9. The molecular formula is C54H88O23. The molecule has 14 N–H and O–H groups in total. The van der Waals surface area contributed by atoms with E-state index < -0.39 is 170 Å².